The first-order chi connectivity index (χ1) is 16.8. The van der Waals surface area contributed by atoms with Crippen molar-refractivity contribution in [1.29, 1.82) is 0 Å². The average molecular weight is 479 g/mol. The van der Waals surface area contributed by atoms with Gasteiger partial charge < -0.3 is 19.1 Å². The fraction of sp³-hybridized carbons (Fsp3) is 0.500. The van der Waals surface area contributed by atoms with Gasteiger partial charge in [-0.3, -0.25) is 9.78 Å². The van der Waals surface area contributed by atoms with Crippen LogP contribution >= 0.6 is 0 Å². The van der Waals surface area contributed by atoms with Crippen LogP contribution < -0.4 is 0 Å². The third-order valence-corrected chi connectivity index (χ3v) is 7.55. The number of halogens is 1. The summed E-state index contributed by atoms with van der Waals surface area (Å²) in [4.78, 5) is 21.8. The Morgan fingerprint density at radius 3 is 2.80 bits per heavy atom. The van der Waals surface area contributed by atoms with Gasteiger partial charge in [0.25, 0.3) is 5.91 Å². The quantitative estimate of drug-likeness (QED) is 0.498. The van der Waals surface area contributed by atoms with Gasteiger partial charge in [-0.05, 0) is 75.3 Å². The van der Waals surface area contributed by atoms with Crippen LogP contribution in [0.5, 0.6) is 0 Å². The highest BCUT2D eigenvalue weighted by Crippen LogP contribution is 2.32. The smallest absolute Gasteiger partial charge is 0.256 e. The lowest BCUT2D eigenvalue weighted by Crippen LogP contribution is -2.50. The van der Waals surface area contributed by atoms with Gasteiger partial charge in [0.05, 0.1) is 29.1 Å². The Morgan fingerprint density at radius 1 is 1.29 bits per heavy atom. The van der Waals surface area contributed by atoms with E-state index in [9.17, 15) is 9.18 Å². The predicted molar refractivity (Wildman–Crippen MR) is 136 cm³/mol. The van der Waals surface area contributed by atoms with Crippen molar-refractivity contribution < 1.29 is 13.9 Å². The zero-order valence-corrected chi connectivity index (χ0v) is 21.1. The lowest BCUT2D eigenvalue weighted by Gasteiger charge is -2.40. The Balaban J connectivity index is 1.46. The molecule has 2 aliphatic rings. The number of fused-ring (bicyclic) bond motifs is 1. The zero-order valence-electron chi connectivity index (χ0n) is 21.1. The van der Waals surface area contributed by atoms with Crippen molar-refractivity contribution in [2.24, 2.45) is 5.92 Å². The van der Waals surface area contributed by atoms with Crippen molar-refractivity contribution in [1.82, 2.24) is 19.4 Å². The lowest BCUT2D eigenvalue weighted by molar-refractivity contribution is 0.0243. The van der Waals surface area contributed by atoms with Crippen LogP contribution in [0.15, 0.2) is 36.8 Å². The van der Waals surface area contributed by atoms with Crippen LogP contribution in [0.3, 0.4) is 0 Å². The van der Waals surface area contributed by atoms with Gasteiger partial charge in [-0.15, -0.1) is 0 Å². The summed E-state index contributed by atoms with van der Waals surface area (Å²) < 4.78 is 22.1. The van der Waals surface area contributed by atoms with Crippen LogP contribution in [-0.2, 0) is 11.2 Å². The first-order valence-electron chi connectivity index (χ1n) is 12.7. The standard InChI is InChI=1S/C28H35FN4O2/c1-18(2)31(4)28(34)24-11-22(29)7-8-25(24)33-16-21(27-19(3)12-30-13-26(27)33)10-20-14-32(15-20)17-23-6-5-9-35-23/h7-8,11-13,16,18,20,23H,5-6,9-10,14-15,17H2,1-4H3. The van der Waals surface area contributed by atoms with Gasteiger partial charge in [-0.25, -0.2) is 4.39 Å². The van der Waals surface area contributed by atoms with Gasteiger partial charge in [-0.1, -0.05) is 0 Å². The molecule has 1 aromatic carbocycles. The van der Waals surface area contributed by atoms with Gasteiger partial charge in [0.1, 0.15) is 5.82 Å². The summed E-state index contributed by atoms with van der Waals surface area (Å²) in [5.74, 6) is -0.0206. The molecule has 1 amide bonds. The van der Waals surface area contributed by atoms with Crippen LogP contribution in [0.4, 0.5) is 4.39 Å². The van der Waals surface area contributed by atoms with E-state index < -0.39 is 5.82 Å². The van der Waals surface area contributed by atoms with E-state index in [0.717, 1.165) is 43.7 Å². The molecule has 2 saturated heterocycles. The number of aromatic nitrogens is 2. The van der Waals surface area contributed by atoms with E-state index in [-0.39, 0.29) is 11.9 Å². The molecule has 1 atom stereocenters. The van der Waals surface area contributed by atoms with Crippen molar-refractivity contribution in [2.45, 2.75) is 52.2 Å². The molecular weight excluding hydrogens is 443 g/mol. The molecule has 0 N–H and O–H groups in total. The first-order valence-corrected chi connectivity index (χ1v) is 12.7. The molecule has 3 aromatic rings. The van der Waals surface area contributed by atoms with E-state index in [2.05, 4.69) is 23.0 Å². The number of aryl methyl sites for hydroxylation is 1. The summed E-state index contributed by atoms with van der Waals surface area (Å²) in [5, 5.41) is 1.18. The maximum atomic E-state index is 14.3. The Morgan fingerprint density at radius 2 is 2.09 bits per heavy atom. The number of pyridine rings is 1. The molecule has 0 saturated carbocycles. The second-order valence-corrected chi connectivity index (χ2v) is 10.5. The van der Waals surface area contributed by atoms with Crippen LogP contribution in [0.25, 0.3) is 16.6 Å². The number of carbonyl (C=O) groups is 1. The van der Waals surface area contributed by atoms with Crippen LogP contribution in [0.1, 0.15) is 48.2 Å². The maximum Gasteiger partial charge on any atom is 0.256 e. The Kier molecular flexibility index (Phi) is 6.64. The molecule has 5 rings (SSSR count). The Labute approximate surface area is 206 Å². The highest BCUT2D eigenvalue weighted by atomic mass is 19.1. The molecule has 2 aliphatic heterocycles. The molecule has 2 aromatic heterocycles. The largest absolute Gasteiger partial charge is 0.377 e. The highest BCUT2D eigenvalue weighted by molar-refractivity contribution is 5.99. The molecular formula is C28H35FN4O2. The third kappa shape index (κ3) is 4.71. The monoisotopic (exact) mass is 478 g/mol. The van der Waals surface area contributed by atoms with Crippen molar-refractivity contribution in [3.8, 4) is 5.69 Å². The minimum atomic E-state index is -0.416. The summed E-state index contributed by atoms with van der Waals surface area (Å²) in [6, 6.07) is 4.48. The number of likely N-dealkylation sites (tertiary alicyclic amines) is 1. The lowest BCUT2D eigenvalue weighted by atomic mass is 9.91. The first kappa shape index (κ1) is 23.9. The number of carbonyl (C=O) groups excluding carboxylic acids is 1. The molecule has 6 nitrogen and oxygen atoms in total. The minimum absolute atomic E-state index is 0.00990. The van der Waals surface area contributed by atoms with Crippen molar-refractivity contribution >= 4 is 16.8 Å². The van der Waals surface area contributed by atoms with E-state index in [0.29, 0.717) is 23.3 Å². The number of hydrogen-bond donors (Lipinski definition) is 0. The number of amides is 1. The van der Waals surface area contributed by atoms with Crippen molar-refractivity contribution in [3.05, 3.63) is 59.3 Å². The summed E-state index contributed by atoms with van der Waals surface area (Å²) in [6.07, 6.45) is 9.57. The molecule has 2 fully saturated rings. The predicted octanol–water partition coefficient (Wildman–Crippen LogP) is 4.61. The van der Waals surface area contributed by atoms with Crippen LogP contribution in [0, 0.1) is 18.7 Å². The van der Waals surface area contributed by atoms with Crippen molar-refractivity contribution in [2.75, 3.05) is 33.3 Å². The van der Waals surface area contributed by atoms with E-state index >= 15 is 0 Å². The molecule has 7 heteroatoms. The summed E-state index contributed by atoms with van der Waals surface area (Å²) in [7, 11) is 1.76. The molecule has 186 valence electrons. The highest BCUT2D eigenvalue weighted by Gasteiger charge is 2.31. The summed E-state index contributed by atoms with van der Waals surface area (Å²) in [6.45, 7) is 10.1. The normalized spacial score (nSPS) is 19.0. The van der Waals surface area contributed by atoms with E-state index in [1.54, 1.807) is 18.0 Å². The third-order valence-electron chi connectivity index (χ3n) is 7.55. The maximum absolute atomic E-state index is 14.3. The van der Waals surface area contributed by atoms with Gasteiger partial charge in [0.2, 0.25) is 0 Å². The summed E-state index contributed by atoms with van der Waals surface area (Å²) >= 11 is 0. The molecule has 0 spiro atoms. The van der Waals surface area contributed by atoms with Gasteiger partial charge in [-0.2, -0.15) is 0 Å². The molecule has 4 heterocycles. The van der Waals surface area contributed by atoms with Crippen molar-refractivity contribution in [3.63, 3.8) is 0 Å². The molecule has 1 unspecified atom stereocenters. The van der Waals surface area contributed by atoms with Crippen LogP contribution in [-0.4, -0.2) is 70.7 Å². The topological polar surface area (TPSA) is 50.6 Å². The second kappa shape index (κ2) is 9.70. The SMILES string of the molecule is Cc1cncc2c1c(CC1CN(CC3CCCO3)C1)cn2-c1ccc(F)cc1C(=O)N(C)C(C)C. The van der Waals surface area contributed by atoms with E-state index in [4.69, 9.17) is 4.74 Å². The van der Waals surface area contributed by atoms with Crippen LogP contribution in [0.2, 0.25) is 0 Å². The number of nitrogens with zero attached hydrogens (tertiary/aromatic N) is 4. The van der Waals surface area contributed by atoms with Gasteiger partial charge in [0, 0.05) is 57.1 Å². The number of ether oxygens (including phenoxy) is 1. The van der Waals surface area contributed by atoms with Gasteiger partial charge >= 0.3 is 0 Å². The molecule has 0 radical (unpaired) electrons. The molecule has 0 bridgehead atoms. The number of rotatable bonds is 7. The number of hydrogen-bond acceptors (Lipinski definition) is 4. The fourth-order valence-electron chi connectivity index (χ4n) is 5.45. The van der Waals surface area contributed by atoms with E-state index in [1.807, 2.05) is 30.8 Å². The fourth-order valence-corrected chi connectivity index (χ4v) is 5.45. The summed E-state index contributed by atoms with van der Waals surface area (Å²) in [5.41, 5.74) is 4.35. The second-order valence-electron chi connectivity index (χ2n) is 10.5. The minimum Gasteiger partial charge on any atom is -0.377 e. The average Bonchev–Trinajstić information content (AvgIpc) is 3.45. The number of benzene rings is 1. The van der Waals surface area contributed by atoms with Gasteiger partial charge in [0.15, 0.2) is 0 Å². The Hall–Kier alpha value is -2.77. The Bertz CT molecular complexity index is 1230. The molecule has 35 heavy (non-hydrogen) atoms. The molecule has 0 aliphatic carbocycles. The van der Waals surface area contributed by atoms with E-state index in [1.165, 1.54) is 35.9 Å². The zero-order chi connectivity index (χ0) is 24.7.